The number of benzene rings is 1. The second-order valence-corrected chi connectivity index (χ2v) is 5.04. The summed E-state index contributed by atoms with van der Waals surface area (Å²) in [6.07, 6.45) is 4.30. The Balaban J connectivity index is 1.62. The highest BCUT2D eigenvalue weighted by Gasteiger charge is 2.12. The van der Waals surface area contributed by atoms with Crippen molar-refractivity contribution in [3.05, 3.63) is 54.0 Å². The number of pyridine rings is 1. The number of rotatable bonds is 4. The Morgan fingerprint density at radius 2 is 1.90 bits per heavy atom. The van der Waals surface area contributed by atoms with Gasteiger partial charge in [0, 0.05) is 25.2 Å². The molecule has 104 valence electrons. The first-order valence-corrected chi connectivity index (χ1v) is 7.01. The minimum absolute atomic E-state index is 0.179. The predicted octanol–water partition coefficient (Wildman–Crippen LogP) is 3.43. The third-order valence-corrected chi connectivity index (χ3v) is 3.62. The molecular weight excluding hydrogens is 253 g/mol. The summed E-state index contributed by atoms with van der Waals surface area (Å²) in [5.74, 6) is 0.848. The molecule has 0 saturated carbocycles. The van der Waals surface area contributed by atoms with Gasteiger partial charge >= 0.3 is 0 Å². The molecular formula is C16H18FN3. The maximum Gasteiger partial charge on any atom is 0.128 e. The van der Waals surface area contributed by atoms with Crippen molar-refractivity contribution < 1.29 is 4.39 Å². The molecule has 0 amide bonds. The standard InChI is InChI=1S/C16H18FN3/c17-15-6-2-1-5-13(15)11-18-14-7-8-16(19-12-14)20-9-3-4-10-20/h1-2,5-8,12,18H,3-4,9-11H2. The van der Waals surface area contributed by atoms with Crippen LogP contribution in [0, 0.1) is 5.82 Å². The molecule has 2 aromatic rings. The van der Waals surface area contributed by atoms with Crippen molar-refractivity contribution >= 4 is 11.5 Å². The van der Waals surface area contributed by atoms with Gasteiger partial charge in [-0.05, 0) is 31.0 Å². The number of anilines is 2. The topological polar surface area (TPSA) is 28.2 Å². The lowest BCUT2D eigenvalue weighted by atomic mass is 10.2. The fourth-order valence-corrected chi connectivity index (χ4v) is 2.46. The molecule has 0 aliphatic carbocycles. The third-order valence-electron chi connectivity index (χ3n) is 3.62. The molecule has 1 aromatic carbocycles. The van der Waals surface area contributed by atoms with E-state index in [1.165, 1.54) is 18.9 Å². The SMILES string of the molecule is Fc1ccccc1CNc1ccc(N2CCCC2)nc1. The number of hydrogen-bond acceptors (Lipinski definition) is 3. The van der Waals surface area contributed by atoms with Crippen molar-refractivity contribution in [2.75, 3.05) is 23.3 Å². The van der Waals surface area contributed by atoms with E-state index in [1.54, 1.807) is 12.1 Å². The molecule has 0 atom stereocenters. The highest BCUT2D eigenvalue weighted by Crippen LogP contribution is 2.19. The second kappa shape index (κ2) is 5.90. The Hall–Kier alpha value is -2.10. The number of nitrogens with one attached hydrogen (secondary N) is 1. The van der Waals surface area contributed by atoms with E-state index in [9.17, 15) is 4.39 Å². The van der Waals surface area contributed by atoms with Gasteiger partial charge in [0.25, 0.3) is 0 Å². The van der Waals surface area contributed by atoms with Gasteiger partial charge in [0.15, 0.2) is 0 Å². The molecule has 3 nitrogen and oxygen atoms in total. The van der Waals surface area contributed by atoms with Crippen molar-refractivity contribution in [3.63, 3.8) is 0 Å². The van der Waals surface area contributed by atoms with Crippen LogP contribution in [0.1, 0.15) is 18.4 Å². The summed E-state index contributed by atoms with van der Waals surface area (Å²) in [7, 11) is 0. The first-order chi connectivity index (χ1) is 9.83. The second-order valence-electron chi connectivity index (χ2n) is 5.04. The van der Waals surface area contributed by atoms with Gasteiger partial charge in [0.1, 0.15) is 11.6 Å². The van der Waals surface area contributed by atoms with Gasteiger partial charge < -0.3 is 10.2 Å². The van der Waals surface area contributed by atoms with Crippen LogP contribution in [0.15, 0.2) is 42.6 Å². The van der Waals surface area contributed by atoms with E-state index in [2.05, 4.69) is 15.2 Å². The molecule has 1 aliphatic rings. The van der Waals surface area contributed by atoms with Crippen LogP contribution >= 0.6 is 0 Å². The molecule has 20 heavy (non-hydrogen) atoms. The van der Waals surface area contributed by atoms with Crippen molar-refractivity contribution in [2.24, 2.45) is 0 Å². The van der Waals surface area contributed by atoms with E-state index in [4.69, 9.17) is 0 Å². The largest absolute Gasteiger partial charge is 0.380 e. The lowest BCUT2D eigenvalue weighted by Gasteiger charge is -2.16. The molecule has 0 spiro atoms. The van der Waals surface area contributed by atoms with Gasteiger partial charge in [0.05, 0.1) is 11.9 Å². The minimum atomic E-state index is -0.179. The van der Waals surface area contributed by atoms with Crippen molar-refractivity contribution in [3.8, 4) is 0 Å². The highest BCUT2D eigenvalue weighted by molar-refractivity contribution is 5.49. The smallest absolute Gasteiger partial charge is 0.128 e. The molecule has 2 heterocycles. The maximum atomic E-state index is 13.5. The molecule has 0 unspecified atom stereocenters. The first kappa shape index (κ1) is 12.9. The summed E-state index contributed by atoms with van der Waals surface area (Å²) in [5, 5.41) is 3.20. The molecule has 1 saturated heterocycles. The molecule has 3 rings (SSSR count). The van der Waals surface area contributed by atoms with E-state index in [1.807, 2.05) is 24.4 Å². The zero-order chi connectivity index (χ0) is 13.8. The van der Waals surface area contributed by atoms with Gasteiger partial charge in [-0.15, -0.1) is 0 Å². The lowest BCUT2D eigenvalue weighted by molar-refractivity contribution is 0.613. The van der Waals surface area contributed by atoms with Crippen LogP contribution in [0.2, 0.25) is 0 Å². The average molecular weight is 271 g/mol. The van der Waals surface area contributed by atoms with Gasteiger partial charge in [-0.1, -0.05) is 18.2 Å². The summed E-state index contributed by atoms with van der Waals surface area (Å²) < 4.78 is 13.5. The summed E-state index contributed by atoms with van der Waals surface area (Å²) in [6.45, 7) is 2.65. The van der Waals surface area contributed by atoms with Crippen molar-refractivity contribution in [2.45, 2.75) is 19.4 Å². The Morgan fingerprint density at radius 1 is 1.10 bits per heavy atom. The maximum absolute atomic E-state index is 13.5. The van der Waals surface area contributed by atoms with Crippen molar-refractivity contribution in [1.29, 1.82) is 0 Å². The Bertz CT molecular complexity index is 562. The van der Waals surface area contributed by atoms with E-state index in [0.29, 0.717) is 12.1 Å². The Morgan fingerprint density at radius 3 is 2.60 bits per heavy atom. The van der Waals surface area contributed by atoms with Gasteiger partial charge in [-0.2, -0.15) is 0 Å². The Labute approximate surface area is 118 Å². The quantitative estimate of drug-likeness (QED) is 0.923. The van der Waals surface area contributed by atoms with Gasteiger partial charge in [-0.3, -0.25) is 0 Å². The highest BCUT2D eigenvalue weighted by atomic mass is 19.1. The minimum Gasteiger partial charge on any atom is -0.380 e. The van der Waals surface area contributed by atoms with Crippen LogP contribution in [0.3, 0.4) is 0 Å². The molecule has 0 radical (unpaired) electrons. The lowest BCUT2D eigenvalue weighted by Crippen LogP contribution is -2.18. The average Bonchev–Trinajstić information content (AvgIpc) is 3.01. The van der Waals surface area contributed by atoms with Crippen LogP contribution < -0.4 is 10.2 Å². The normalized spacial score (nSPS) is 14.6. The summed E-state index contributed by atoms with van der Waals surface area (Å²) in [5.41, 5.74) is 1.58. The molecule has 1 N–H and O–H groups in total. The zero-order valence-electron chi connectivity index (χ0n) is 11.3. The summed E-state index contributed by atoms with van der Waals surface area (Å²) >= 11 is 0. The van der Waals surface area contributed by atoms with E-state index in [-0.39, 0.29) is 5.82 Å². The zero-order valence-corrected chi connectivity index (χ0v) is 11.3. The fraction of sp³-hybridized carbons (Fsp3) is 0.312. The van der Waals surface area contributed by atoms with Crippen LogP contribution in [-0.4, -0.2) is 18.1 Å². The third kappa shape index (κ3) is 2.90. The molecule has 1 fully saturated rings. The van der Waals surface area contributed by atoms with Crippen LogP contribution in [-0.2, 0) is 6.54 Å². The molecule has 0 bridgehead atoms. The number of aromatic nitrogens is 1. The van der Waals surface area contributed by atoms with Gasteiger partial charge in [-0.25, -0.2) is 9.37 Å². The fourth-order valence-electron chi connectivity index (χ4n) is 2.46. The monoisotopic (exact) mass is 271 g/mol. The Kier molecular flexibility index (Phi) is 3.81. The predicted molar refractivity (Wildman–Crippen MR) is 79.4 cm³/mol. The van der Waals surface area contributed by atoms with Crippen LogP contribution in [0.5, 0.6) is 0 Å². The van der Waals surface area contributed by atoms with Crippen LogP contribution in [0.25, 0.3) is 0 Å². The summed E-state index contributed by atoms with van der Waals surface area (Å²) in [4.78, 5) is 6.76. The molecule has 1 aliphatic heterocycles. The van der Waals surface area contributed by atoms with Crippen molar-refractivity contribution in [1.82, 2.24) is 4.98 Å². The number of hydrogen-bond donors (Lipinski definition) is 1. The number of halogens is 1. The van der Waals surface area contributed by atoms with E-state index in [0.717, 1.165) is 24.6 Å². The first-order valence-electron chi connectivity index (χ1n) is 7.01. The van der Waals surface area contributed by atoms with E-state index >= 15 is 0 Å². The van der Waals surface area contributed by atoms with Crippen LogP contribution in [0.4, 0.5) is 15.9 Å². The van der Waals surface area contributed by atoms with E-state index < -0.39 is 0 Å². The van der Waals surface area contributed by atoms with Gasteiger partial charge in [0.2, 0.25) is 0 Å². The summed E-state index contributed by atoms with van der Waals surface area (Å²) in [6, 6.07) is 10.8. The molecule has 4 heteroatoms. The number of nitrogens with zero attached hydrogens (tertiary/aromatic N) is 2. The molecule has 1 aromatic heterocycles.